The summed E-state index contributed by atoms with van der Waals surface area (Å²) in [6.07, 6.45) is 14.4. The molecule has 1 aliphatic heterocycles. The maximum Gasteiger partial charge on any atom is 0.234 e. The molecule has 0 spiro atoms. The fourth-order valence-electron chi connectivity index (χ4n) is 4.53. The maximum atomic E-state index is 4.89. The average Bonchev–Trinajstić information content (AvgIpc) is 3.29. The molecule has 1 atom stereocenters. The molecule has 0 bridgehead atoms. The molecule has 0 saturated carbocycles. The number of nitrogens with zero attached hydrogens (tertiary/aromatic N) is 7. The van der Waals surface area contributed by atoms with E-state index in [9.17, 15) is 0 Å². The first-order chi connectivity index (χ1) is 18.8. The van der Waals surface area contributed by atoms with Crippen LogP contribution in [0.15, 0.2) is 90.4 Å². The second-order valence-electron chi connectivity index (χ2n) is 9.13. The smallest absolute Gasteiger partial charge is 0.234 e. The van der Waals surface area contributed by atoms with Crippen molar-refractivity contribution >= 4 is 35.2 Å². The van der Waals surface area contributed by atoms with Gasteiger partial charge in [-0.3, -0.25) is 10.1 Å². The van der Waals surface area contributed by atoms with Crippen LogP contribution < -0.4 is 15.1 Å². The second-order valence-corrected chi connectivity index (χ2v) is 10.3. The number of rotatable bonds is 7. The zero-order valence-corrected chi connectivity index (χ0v) is 21.8. The molecule has 9 nitrogen and oxygen atoms in total. The van der Waals surface area contributed by atoms with Gasteiger partial charge in [-0.05, 0) is 30.5 Å². The summed E-state index contributed by atoms with van der Waals surface area (Å²) in [6, 6.07) is 16.2. The highest BCUT2D eigenvalue weighted by atomic mass is 32.2. The molecule has 0 amide bonds. The van der Waals surface area contributed by atoms with E-state index in [1.165, 1.54) is 5.69 Å². The summed E-state index contributed by atoms with van der Waals surface area (Å²) in [4.78, 5) is 23.2. The highest BCUT2D eigenvalue weighted by Gasteiger charge is 2.22. The summed E-state index contributed by atoms with van der Waals surface area (Å²) >= 11 is 1.68. The van der Waals surface area contributed by atoms with Crippen LogP contribution in [0.2, 0.25) is 0 Å². The first-order valence-electron chi connectivity index (χ1n) is 12.8. The summed E-state index contributed by atoms with van der Waals surface area (Å²) < 4.78 is 0. The number of thioether (sulfide) groups is 1. The predicted molar refractivity (Wildman–Crippen MR) is 153 cm³/mol. The molecule has 3 aromatic heterocycles. The van der Waals surface area contributed by atoms with Gasteiger partial charge in [-0.1, -0.05) is 66.4 Å². The molecule has 2 N–H and O–H groups in total. The van der Waals surface area contributed by atoms with E-state index >= 15 is 0 Å². The number of aromatic amines is 1. The Balaban J connectivity index is 1.23. The van der Waals surface area contributed by atoms with Crippen LogP contribution in [0.1, 0.15) is 12.8 Å². The van der Waals surface area contributed by atoms with Crippen LogP contribution in [-0.4, -0.2) is 61.6 Å². The topological polar surface area (TPSA) is 98.8 Å². The first kappa shape index (κ1) is 24.2. The van der Waals surface area contributed by atoms with Crippen molar-refractivity contribution < 1.29 is 0 Å². The number of pyridine rings is 1. The van der Waals surface area contributed by atoms with Gasteiger partial charge in [0.25, 0.3) is 0 Å². The molecule has 192 valence electrons. The number of H-pyrrole nitrogens is 1. The molecule has 1 aromatic carbocycles. The lowest BCUT2D eigenvalue weighted by Crippen LogP contribution is -2.47. The van der Waals surface area contributed by atoms with E-state index in [1.807, 2.05) is 48.8 Å². The highest BCUT2D eigenvalue weighted by molar-refractivity contribution is 7.99. The molecular weight excluding hydrogens is 494 g/mol. The van der Waals surface area contributed by atoms with Crippen molar-refractivity contribution in [1.82, 2.24) is 30.1 Å². The highest BCUT2D eigenvalue weighted by Crippen LogP contribution is 2.29. The van der Waals surface area contributed by atoms with Gasteiger partial charge in [0.15, 0.2) is 11.0 Å². The monoisotopic (exact) mass is 523 g/mol. The second kappa shape index (κ2) is 11.5. The van der Waals surface area contributed by atoms with Crippen molar-refractivity contribution in [2.75, 3.05) is 41.3 Å². The molecule has 0 radical (unpaired) electrons. The van der Waals surface area contributed by atoms with Gasteiger partial charge in [0.05, 0.1) is 5.69 Å². The Morgan fingerprint density at radius 3 is 2.55 bits per heavy atom. The van der Waals surface area contributed by atoms with Gasteiger partial charge >= 0.3 is 0 Å². The van der Waals surface area contributed by atoms with Gasteiger partial charge in [0, 0.05) is 55.6 Å². The number of allylic oxidation sites excluding steroid dienone is 3. The third kappa shape index (κ3) is 5.86. The number of benzene rings is 1. The number of hydrogen-bond acceptors (Lipinski definition) is 9. The first-order valence-corrected chi connectivity index (χ1v) is 13.7. The maximum absolute atomic E-state index is 4.89. The van der Waals surface area contributed by atoms with Crippen molar-refractivity contribution in [3.63, 3.8) is 0 Å². The largest absolute Gasteiger partial charge is 0.368 e. The minimum Gasteiger partial charge on any atom is -0.368 e. The SMILES string of the molecule is C1=CCCC(Sc2nc(Nc3cc(-c4ccccc4)[nH]n3)nc(N3CCN(c4ccncc4)CC3)n2)C=C1. The van der Waals surface area contributed by atoms with Crippen LogP contribution in [0.25, 0.3) is 11.3 Å². The van der Waals surface area contributed by atoms with E-state index in [-0.39, 0.29) is 0 Å². The fraction of sp³-hybridized carbons (Fsp3) is 0.250. The lowest BCUT2D eigenvalue weighted by molar-refractivity contribution is 0.634. The summed E-state index contributed by atoms with van der Waals surface area (Å²) in [5.41, 5.74) is 3.19. The Morgan fingerprint density at radius 2 is 1.71 bits per heavy atom. The summed E-state index contributed by atoms with van der Waals surface area (Å²) in [5.74, 6) is 1.85. The Hall–Kier alpha value is -4.18. The number of hydrogen-bond donors (Lipinski definition) is 2. The molecule has 1 unspecified atom stereocenters. The molecule has 10 heteroatoms. The minimum absolute atomic E-state index is 0.312. The summed E-state index contributed by atoms with van der Waals surface area (Å²) in [7, 11) is 0. The molecule has 4 aromatic rings. The van der Waals surface area contributed by atoms with Crippen molar-refractivity contribution in [3.05, 3.63) is 85.2 Å². The molecule has 1 saturated heterocycles. The van der Waals surface area contributed by atoms with Crippen LogP contribution in [-0.2, 0) is 0 Å². The molecular formula is C28H29N9S. The predicted octanol–water partition coefficient (Wildman–Crippen LogP) is 5.09. The van der Waals surface area contributed by atoms with Crippen molar-refractivity contribution in [2.24, 2.45) is 0 Å². The van der Waals surface area contributed by atoms with E-state index in [0.717, 1.165) is 50.3 Å². The van der Waals surface area contributed by atoms with Gasteiger partial charge in [-0.2, -0.15) is 20.1 Å². The Kier molecular flexibility index (Phi) is 7.30. The number of piperazine rings is 1. The summed E-state index contributed by atoms with van der Waals surface area (Å²) in [6.45, 7) is 3.42. The minimum atomic E-state index is 0.312. The van der Waals surface area contributed by atoms with E-state index in [2.05, 4.69) is 66.7 Å². The number of anilines is 4. The van der Waals surface area contributed by atoms with Gasteiger partial charge in [-0.15, -0.1) is 0 Å². The van der Waals surface area contributed by atoms with E-state index in [4.69, 9.17) is 15.0 Å². The average molecular weight is 524 g/mol. The van der Waals surface area contributed by atoms with Gasteiger partial charge in [0.1, 0.15) is 0 Å². The normalized spacial score (nSPS) is 17.4. The van der Waals surface area contributed by atoms with Gasteiger partial charge in [0.2, 0.25) is 11.9 Å². The van der Waals surface area contributed by atoms with E-state index in [1.54, 1.807) is 11.8 Å². The lowest BCUT2D eigenvalue weighted by atomic mass is 10.2. The molecule has 4 heterocycles. The van der Waals surface area contributed by atoms with E-state index in [0.29, 0.717) is 28.1 Å². The van der Waals surface area contributed by atoms with Crippen LogP contribution in [0.3, 0.4) is 0 Å². The quantitative estimate of drug-likeness (QED) is 0.343. The fourth-order valence-corrected chi connectivity index (χ4v) is 5.50. The molecule has 1 aliphatic carbocycles. The Bertz CT molecular complexity index is 1400. The van der Waals surface area contributed by atoms with Crippen LogP contribution in [0, 0.1) is 0 Å². The number of aromatic nitrogens is 6. The van der Waals surface area contributed by atoms with Crippen LogP contribution >= 0.6 is 11.8 Å². The Labute approximate surface area is 226 Å². The molecule has 2 aliphatic rings. The number of nitrogens with one attached hydrogen (secondary N) is 2. The standard InChI is InChI=1S/C28H29N9S/c1-2-7-11-23(10-6-1)38-28-32-26(30-25-20-24(34-35-25)21-8-4-3-5-9-21)31-27(33-28)37-18-16-36(17-19-37)22-12-14-29-15-13-22/h1-6,8-10,12-15,20,23H,7,11,16-19H2,(H2,30,31,32,33,34,35). The van der Waals surface area contributed by atoms with E-state index < -0.39 is 0 Å². The third-order valence-corrected chi connectivity index (χ3v) is 7.63. The van der Waals surface area contributed by atoms with Gasteiger partial charge in [-0.25, -0.2) is 0 Å². The molecule has 38 heavy (non-hydrogen) atoms. The lowest BCUT2D eigenvalue weighted by Gasteiger charge is -2.36. The summed E-state index contributed by atoms with van der Waals surface area (Å²) in [5, 5.41) is 11.9. The molecule has 6 rings (SSSR count). The van der Waals surface area contributed by atoms with Crippen molar-refractivity contribution in [1.29, 1.82) is 0 Å². The zero-order chi connectivity index (χ0) is 25.6. The van der Waals surface area contributed by atoms with Crippen LogP contribution in [0.4, 0.5) is 23.4 Å². The van der Waals surface area contributed by atoms with Gasteiger partial charge < -0.3 is 15.1 Å². The van der Waals surface area contributed by atoms with Crippen LogP contribution in [0.5, 0.6) is 0 Å². The third-order valence-electron chi connectivity index (χ3n) is 6.54. The van der Waals surface area contributed by atoms with Crippen molar-refractivity contribution in [2.45, 2.75) is 23.2 Å². The molecule has 1 fully saturated rings. The Morgan fingerprint density at radius 1 is 0.895 bits per heavy atom. The van der Waals surface area contributed by atoms with Crippen molar-refractivity contribution in [3.8, 4) is 11.3 Å². The zero-order valence-electron chi connectivity index (χ0n) is 20.9.